The van der Waals surface area contributed by atoms with Crippen molar-refractivity contribution in [3.05, 3.63) is 68.2 Å². The molecule has 3 nitrogen and oxygen atoms in total. The average Bonchev–Trinajstić information content (AvgIpc) is 2.43. The van der Waals surface area contributed by atoms with Gasteiger partial charge in [0.25, 0.3) is 5.56 Å². The number of hydrogen-bond donors (Lipinski definition) is 1. The molecule has 4 heteroatoms. The summed E-state index contributed by atoms with van der Waals surface area (Å²) in [7, 11) is 0. The Labute approximate surface area is 127 Å². The second-order valence-corrected chi connectivity index (χ2v) is 5.75. The van der Waals surface area contributed by atoms with Crippen molar-refractivity contribution in [3.63, 3.8) is 0 Å². The minimum absolute atomic E-state index is 0.0742. The number of nitrogens with one attached hydrogen (secondary N) is 1. The zero-order chi connectivity index (χ0) is 15.1. The summed E-state index contributed by atoms with van der Waals surface area (Å²) in [4.78, 5) is 16.0. The van der Waals surface area contributed by atoms with Crippen LogP contribution in [0.15, 0.2) is 41.2 Å². The molecule has 0 aliphatic heterocycles. The van der Waals surface area contributed by atoms with Crippen molar-refractivity contribution < 1.29 is 0 Å². The number of fused-ring (bicyclic) bond motifs is 1. The zero-order valence-corrected chi connectivity index (χ0v) is 13.0. The van der Waals surface area contributed by atoms with E-state index in [9.17, 15) is 4.79 Å². The van der Waals surface area contributed by atoms with Gasteiger partial charge >= 0.3 is 0 Å². The fourth-order valence-corrected chi connectivity index (χ4v) is 2.97. The maximum atomic E-state index is 12.9. The molecule has 0 saturated heterocycles. The Kier molecular flexibility index (Phi) is 3.26. The Bertz CT molecular complexity index is 946. The van der Waals surface area contributed by atoms with Gasteiger partial charge in [-0.2, -0.15) is 0 Å². The van der Waals surface area contributed by atoms with Crippen LogP contribution in [-0.2, 0) is 0 Å². The predicted molar refractivity (Wildman–Crippen MR) is 88.9 cm³/mol. The molecule has 0 bridgehead atoms. The second-order valence-electron chi connectivity index (χ2n) is 5.36. The van der Waals surface area contributed by atoms with Gasteiger partial charge in [-0.15, -0.1) is 0 Å². The van der Waals surface area contributed by atoms with Crippen molar-refractivity contribution in [2.45, 2.75) is 20.8 Å². The molecule has 0 fully saturated rings. The zero-order valence-electron chi connectivity index (χ0n) is 12.2. The first-order valence-corrected chi connectivity index (χ1v) is 7.22. The molecule has 1 heterocycles. The van der Waals surface area contributed by atoms with Crippen LogP contribution in [0.1, 0.15) is 16.7 Å². The molecule has 0 radical (unpaired) electrons. The van der Waals surface area contributed by atoms with E-state index in [1.807, 2.05) is 57.2 Å². The molecule has 1 aromatic heterocycles. The summed E-state index contributed by atoms with van der Waals surface area (Å²) in [5.74, 6) is 0. The number of aromatic amines is 1. The third-order valence-electron chi connectivity index (χ3n) is 3.72. The topological polar surface area (TPSA) is 37.8 Å². The standard InChI is InChI=1S/C17H16N2OS/c1-10-7-8-14-13(9-10)16(20)19(17(21)18-14)15-11(2)5-4-6-12(15)3/h4-9H,1-3H3,(H,18,21). The van der Waals surface area contributed by atoms with Crippen molar-refractivity contribution in [3.8, 4) is 5.69 Å². The summed E-state index contributed by atoms with van der Waals surface area (Å²) in [5.41, 5.74) is 4.69. The number of rotatable bonds is 1. The molecule has 0 unspecified atom stereocenters. The minimum Gasteiger partial charge on any atom is -0.331 e. The van der Waals surface area contributed by atoms with Crippen LogP contribution in [0, 0.1) is 25.5 Å². The Morgan fingerprint density at radius 3 is 2.38 bits per heavy atom. The van der Waals surface area contributed by atoms with Gasteiger partial charge in [-0.3, -0.25) is 9.36 Å². The van der Waals surface area contributed by atoms with Gasteiger partial charge in [0.2, 0.25) is 0 Å². The third-order valence-corrected chi connectivity index (χ3v) is 4.00. The molecule has 0 aliphatic rings. The molecule has 106 valence electrons. The lowest BCUT2D eigenvalue weighted by Crippen LogP contribution is -2.22. The van der Waals surface area contributed by atoms with Crippen molar-refractivity contribution in [2.24, 2.45) is 0 Å². The first-order chi connectivity index (χ1) is 9.99. The third kappa shape index (κ3) is 2.21. The predicted octanol–water partition coefficient (Wildman–Crippen LogP) is 3.97. The summed E-state index contributed by atoms with van der Waals surface area (Å²) < 4.78 is 2.02. The number of hydrogen-bond acceptors (Lipinski definition) is 2. The Morgan fingerprint density at radius 2 is 1.71 bits per heavy atom. The van der Waals surface area contributed by atoms with Gasteiger partial charge in [0.05, 0.1) is 16.6 Å². The van der Waals surface area contributed by atoms with E-state index in [1.165, 1.54) is 0 Å². The van der Waals surface area contributed by atoms with E-state index in [2.05, 4.69) is 4.98 Å². The fourth-order valence-electron chi connectivity index (χ4n) is 2.69. The van der Waals surface area contributed by atoms with E-state index >= 15 is 0 Å². The summed E-state index contributed by atoms with van der Waals surface area (Å²) in [6.07, 6.45) is 0. The van der Waals surface area contributed by atoms with Crippen LogP contribution in [0.2, 0.25) is 0 Å². The quantitative estimate of drug-likeness (QED) is 0.690. The van der Waals surface area contributed by atoms with E-state index in [0.717, 1.165) is 27.9 Å². The summed E-state index contributed by atoms with van der Waals surface area (Å²) in [6.45, 7) is 5.96. The van der Waals surface area contributed by atoms with E-state index in [4.69, 9.17) is 12.2 Å². The fraction of sp³-hybridized carbons (Fsp3) is 0.176. The Morgan fingerprint density at radius 1 is 1.05 bits per heavy atom. The summed E-state index contributed by atoms with van der Waals surface area (Å²) in [6, 6.07) is 11.7. The van der Waals surface area contributed by atoms with Crippen molar-refractivity contribution in [1.29, 1.82) is 0 Å². The average molecular weight is 296 g/mol. The van der Waals surface area contributed by atoms with Gasteiger partial charge in [-0.1, -0.05) is 29.8 Å². The molecule has 0 aliphatic carbocycles. The first kappa shape index (κ1) is 13.8. The van der Waals surface area contributed by atoms with Crippen LogP contribution in [0.3, 0.4) is 0 Å². The molecule has 3 aromatic rings. The lowest BCUT2D eigenvalue weighted by molar-refractivity contribution is 0.921. The molecule has 21 heavy (non-hydrogen) atoms. The van der Waals surface area contributed by atoms with Gasteiger partial charge in [0.1, 0.15) is 0 Å². The molecule has 0 saturated carbocycles. The van der Waals surface area contributed by atoms with Crippen LogP contribution in [0.25, 0.3) is 16.6 Å². The van der Waals surface area contributed by atoms with Gasteiger partial charge in [0.15, 0.2) is 4.77 Å². The van der Waals surface area contributed by atoms with Crippen molar-refractivity contribution >= 4 is 23.1 Å². The van der Waals surface area contributed by atoms with Crippen LogP contribution < -0.4 is 5.56 Å². The maximum Gasteiger partial charge on any atom is 0.266 e. The second kappa shape index (κ2) is 4.97. The molecule has 0 atom stereocenters. The molecule has 3 rings (SSSR count). The highest BCUT2D eigenvalue weighted by Crippen LogP contribution is 2.19. The maximum absolute atomic E-state index is 12.9. The van der Waals surface area contributed by atoms with Crippen LogP contribution in [-0.4, -0.2) is 9.55 Å². The lowest BCUT2D eigenvalue weighted by atomic mass is 10.1. The Hall–Kier alpha value is -2.20. The largest absolute Gasteiger partial charge is 0.331 e. The molecule has 1 N–H and O–H groups in total. The SMILES string of the molecule is Cc1ccc2[nH]c(=S)n(-c3c(C)cccc3C)c(=O)c2c1. The number of aryl methyl sites for hydroxylation is 3. The highest BCUT2D eigenvalue weighted by molar-refractivity contribution is 7.71. The highest BCUT2D eigenvalue weighted by atomic mass is 32.1. The van der Waals surface area contributed by atoms with E-state index < -0.39 is 0 Å². The lowest BCUT2D eigenvalue weighted by Gasteiger charge is -2.13. The van der Waals surface area contributed by atoms with Gasteiger partial charge in [-0.05, 0) is 56.2 Å². The van der Waals surface area contributed by atoms with E-state index in [1.54, 1.807) is 4.57 Å². The number of benzene rings is 2. The highest BCUT2D eigenvalue weighted by Gasteiger charge is 2.11. The van der Waals surface area contributed by atoms with Crippen molar-refractivity contribution in [1.82, 2.24) is 9.55 Å². The van der Waals surface area contributed by atoms with Crippen LogP contribution >= 0.6 is 12.2 Å². The molecule has 2 aromatic carbocycles. The summed E-state index contributed by atoms with van der Waals surface area (Å²) in [5, 5.41) is 0.659. The van der Waals surface area contributed by atoms with Crippen LogP contribution in [0.4, 0.5) is 0 Å². The number of nitrogens with zero attached hydrogens (tertiary/aromatic N) is 1. The first-order valence-electron chi connectivity index (χ1n) is 6.81. The summed E-state index contributed by atoms with van der Waals surface area (Å²) >= 11 is 5.41. The Balaban J connectivity index is 2.49. The normalized spacial score (nSPS) is 11.0. The molecular formula is C17H16N2OS. The minimum atomic E-state index is -0.0742. The van der Waals surface area contributed by atoms with E-state index in [0.29, 0.717) is 10.2 Å². The van der Waals surface area contributed by atoms with Crippen molar-refractivity contribution in [2.75, 3.05) is 0 Å². The number of H-pyrrole nitrogens is 1. The number of aromatic nitrogens is 2. The van der Waals surface area contributed by atoms with Gasteiger partial charge in [-0.25, -0.2) is 0 Å². The molecule has 0 amide bonds. The van der Waals surface area contributed by atoms with Gasteiger partial charge < -0.3 is 4.98 Å². The van der Waals surface area contributed by atoms with Gasteiger partial charge in [0, 0.05) is 0 Å². The molecule has 0 spiro atoms. The monoisotopic (exact) mass is 296 g/mol. The molecular weight excluding hydrogens is 280 g/mol. The van der Waals surface area contributed by atoms with E-state index in [-0.39, 0.29) is 5.56 Å². The van der Waals surface area contributed by atoms with Crippen LogP contribution in [0.5, 0.6) is 0 Å². The number of para-hydroxylation sites is 1. The smallest absolute Gasteiger partial charge is 0.266 e.